The SMILES string of the molecule is C[C@H]1CCCN(S(=O)(=O)c2cc(C(=O)O[C@H](C)C(=O)N3CCc4ccccc43)ccc2Cl)C1. The van der Waals surface area contributed by atoms with Crippen LogP contribution in [-0.4, -0.2) is 50.3 Å². The van der Waals surface area contributed by atoms with Gasteiger partial charge in [0.15, 0.2) is 6.10 Å². The average Bonchev–Trinajstić information content (AvgIpc) is 3.22. The number of piperidine rings is 1. The van der Waals surface area contributed by atoms with Gasteiger partial charge in [0.25, 0.3) is 5.91 Å². The number of amides is 1. The van der Waals surface area contributed by atoms with Gasteiger partial charge in [-0.1, -0.05) is 36.7 Å². The zero-order valence-electron chi connectivity index (χ0n) is 18.7. The van der Waals surface area contributed by atoms with E-state index >= 15 is 0 Å². The highest BCUT2D eigenvalue weighted by Crippen LogP contribution is 2.30. The maximum absolute atomic E-state index is 13.2. The zero-order chi connectivity index (χ0) is 23.8. The number of anilines is 1. The van der Waals surface area contributed by atoms with Crippen LogP contribution < -0.4 is 4.90 Å². The van der Waals surface area contributed by atoms with Crippen LogP contribution in [0.4, 0.5) is 5.69 Å². The number of rotatable bonds is 5. The molecule has 1 saturated heterocycles. The van der Waals surface area contributed by atoms with Crippen molar-refractivity contribution in [3.05, 3.63) is 58.6 Å². The Morgan fingerprint density at radius 1 is 1.15 bits per heavy atom. The van der Waals surface area contributed by atoms with Crippen LogP contribution in [-0.2, 0) is 26.0 Å². The highest BCUT2D eigenvalue weighted by molar-refractivity contribution is 7.89. The molecule has 0 aromatic heterocycles. The van der Waals surface area contributed by atoms with E-state index in [1.54, 1.807) is 4.90 Å². The number of esters is 1. The Kier molecular flexibility index (Phi) is 6.79. The van der Waals surface area contributed by atoms with Crippen LogP contribution in [0.5, 0.6) is 0 Å². The molecule has 2 atom stereocenters. The van der Waals surface area contributed by atoms with E-state index in [1.165, 1.54) is 29.4 Å². The number of fused-ring (bicyclic) bond motifs is 1. The molecule has 0 radical (unpaired) electrons. The van der Waals surface area contributed by atoms with Gasteiger partial charge in [0.1, 0.15) is 4.90 Å². The van der Waals surface area contributed by atoms with Crippen LogP contribution in [0.25, 0.3) is 0 Å². The molecule has 0 bridgehead atoms. The number of hydrogen-bond acceptors (Lipinski definition) is 5. The van der Waals surface area contributed by atoms with E-state index in [2.05, 4.69) is 0 Å². The van der Waals surface area contributed by atoms with Crippen LogP contribution in [0.1, 0.15) is 42.6 Å². The molecule has 0 saturated carbocycles. The Morgan fingerprint density at radius 3 is 2.67 bits per heavy atom. The summed E-state index contributed by atoms with van der Waals surface area (Å²) in [6.45, 7) is 4.88. The molecular formula is C24H27ClN2O5S. The largest absolute Gasteiger partial charge is 0.449 e. The molecular weight excluding hydrogens is 464 g/mol. The maximum atomic E-state index is 13.2. The van der Waals surface area contributed by atoms with Crippen molar-refractivity contribution in [2.75, 3.05) is 24.5 Å². The number of para-hydroxylation sites is 1. The fraction of sp³-hybridized carbons (Fsp3) is 0.417. The Labute approximate surface area is 199 Å². The van der Waals surface area contributed by atoms with Crippen molar-refractivity contribution in [3.63, 3.8) is 0 Å². The predicted octanol–water partition coefficient (Wildman–Crippen LogP) is 3.90. The van der Waals surface area contributed by atoms with E-state index in [1.807, 2.05) is 31.2 Å². The van der Waals surface area contributed by atoms with Crippen LogP contribution in [0.15, 0.2) is 47.4 Å². The van der Waals surface area contributed by atoms with Crippen LogP contribution in [0.3, 0.4) is 0 Å². The monoisotopic (exact) mass is 490 g/mol. The molecule has 1 amide bonds. The maximum Gasteiger partial charge on any atom is 0.338 e. The molecule has 2 aromatic rings. The number of carbonyl (C=O) groups is 2. The van der Waals surface area contributed by atoms with Gasteiger partial charge in [0, 0.05) is 25.3 Å². The summed E-state index contributed by atoms with van der Waals surface area (Å²) in [5.41, 5.74) is 1.93. The number of benzene rings is 2. The summed E-state index contributed by atoms with van der Waals surface area (Å²) in [4.78, 5) is 27.2. The molecule has 0 N–H and O–H groups in total. The Morgan fingerprint density at radius 2 is 1.91 bits per heavy atom. The van der Waals surface area contributed by atoms with Crippen molar-refractivity contribution >= 4 is 39.2 Å². The Balaban J connectivity index is 1.50. The van der Waals surface area contributed by atoms with E-state index in [4.69, 9.17) is 16.3 Å². The molecule has 33 heavy (non-hydrogen) atoms. The number of nitrogens with zero attached hydrogens (tertiary/aromatic N) is 2. The summed E-state index contributed by atoms with van der Waals surface area (Å²) >= 11 is 6.21. The molecule has 176 valence electrons. The summed E-state index contributed by atoms with van der Waals surface area (Å²) in [5, 5.41) is 0.0441. The third-order valence-corrected chi connectivity index (χ3v) is 8.54. The summed E-state index contributed by atoms with van der Waals surface area (Å²) < 4.78 is 33.2. The van der Waals surface area contributed by atoms with Gasteiger partial charge >= 0.3 is 5.97 Å². The standard InChI is InChI=1S/C24H27ClN2O5S/c1-16-6-5-12-26(15-16)33(30,31)22-14-19(9-10-20(22)25)24(29)32-17(2)23(28)27-13-11-18-7-3-4-8-21(18)27/h3-4,7-10,14,16-17H,5-6,11-13,15H2,1-2H3/t16-,17+/m0/s1. The number of carbonyl (C=O) groups excluding carboxylic acids is 2. The van der Waals surface area contributed by atoms with Crippen molar-refractivity contribution in [1.82, 2.24) is 4.31 Å². The average molecular weight is 491 g/mol. The van der Waals surface area contributed by atoms with E-state index < -0.39 is 22.1 Å². The van der Waals surface area contributed by atoms with E-state index in [-0.39, 0.29) is 27.3 Å². The molecule has 0 unspecified atom stereocenters. The van der Waals surface area contributed by atoms with Crippen molar-refractivity contribution in [2.24, 2.45) is 5.92 Å². The topological polar surface area (TPSA) is 84.0 Å². The summed E-state index contributed by atoms with van der Waals surface area (Å²) in [6, 6.07) is 11.6. The first-order chi connectivity index (χ1) is 15.7. The fourth-order valence-electron chi connectivity index (χ4n) is 4.40. The molecule has 4 rings (SSSR count). The van der Waals surface area contributed by atoms with E-state index in [9.17, 15) is 18.0 Å². The smallest absolute Gasteiger partial charge is 0.338 e. The molecule has 9 heteroatoms. The van der Waals surface area contributed by atoms with Crippen LogP contribution in [0.2, 0.25) is 5.02 Å². The first kappa shape index (κ1) is 23.7. The van der Waals surface area contributed by atoms with Gasteiger partial charge in [-0.25, -0.2) is 13.2 Å². The lowest BCUT2D eigenvalue weighted by molar-refractivity contribution is -0.126. The van der Waals surface area contributed by atoms with Gasteiger partial charge in [-0.2, -0.15) is 4.31 Å². The van der Waals surface area contributed by atoms with Gasteiger partial charge in [0.05, 0.1) is 10.6 Å². The highest BCUT2D eigenvalue weighted by Gasteiger charge is 2.33. The van der Waals surface area contributed by atoms with Gasteiger partial charge < -0.3 is 9.64 Å². The molecule has 2 aliphatic heterocycles. The van der Waals surface area contributed by atoms with Gasteiger partial charge in [-0.05, 0) is 61.9 Å². The first-order valence-corrected chi connectivity index (χ1v) is 12.9. The van der Waals surface area contributed by atoms with Gasteiger partial charge in [0.2, 0.25) is 10.0 Å². The number of ether oxygens (including phenoxy) is 1. The molecule has 1 fully saturated rings. The Bertz CT molecular complexity index is 1180. The van der Waals surface area contributed by atoms with Crippen molar-refractivity contribution in [3.8, 4) is 0 Å². The minimum absolute atomic E-state index is 0.0319. The molecule has 0 aliphatic carbocycles. The Hall–Kier alpha value is -2.42. The van der Waals surface area contributed by atoms with Crippen LogP contribution in [0, 0.1) is 5.92 Å². The zero-order valence-corrected chi connectivity index (χ0v) is 20.2. The number of halogens is 1. The second kappa shape index (κ2) is 9.44. The molecule has 2 aliphatic rings. The molecule has 7 nitrogen and oxygen atoms in total. The van der Waals surface area contributed by atoms with E-state index in [0.29, 0.717) is 19.6 Å². The number of hydrogen-bond donors (Lipinski definition) is 0. The lowest BCUT2D eigenvalue weighted by Gasteiger charge is -2.30. The molecule has 0 spiro atoms. The number of sulfonamides is 1. The fourth-order valence-corrected chi connectivity index (χ4v) is 6.50. The predicted molar refractivity (Wildman–Crippen MR) is 126 cm³/mol. The normalized spacial score (nSPS) is 19.7. The van der Waals surface area contributed by atoms with Crippen molar-refractivity contribution < 1.29 is 22.7 Å². The minimum Gasteiger partial charge on any atom is -0.449 e. The highest BCUT2D eigenvalue weighted by atomic mass is 35.5. The van der Waals surface area contributed by atoms with E-state index in [0.717, 1.165) is 30.5 Å². The van der Waals surface area contributed by atoms with Crippen molar-refractivity contribution in [2.45, 2.75) is 44.1 Å². The minimum atomic E-state index is -3.85. The summed E-state index contributed by atoms with van der Waals surface area (Å²) in [7, 11) is -3.85. The third kappa shape index (κ3) is 4.78. The second-order valence-corrected chi connectivity index (χ2v) is 11.0. The molecule has 2 heterocycles. The summed E-state index contributed by atoms with van der Waals surface area (Å²) in [6.07, 6.45) is 1.47. The van der Waals surface area contributed by atoms with Gasteiger partial charge in [-0.15, -0.1) is 0 Å². The molecule has 2 aromatic carbocycles. The quantitative estimate of drug-likeness (QED) is 0.593. The first-order valence-electron chi connectivity index (χ1n) is 11.1. The third-order valence-electron chi connectivity index (χ3n) is 6.19. The van der Waals surface area contributed by atoms with Crippen LogP contribution >= 0.6 is 11.6 Å². The van der Waals surface area contributed by atoms with Gasteiger partial charge in [-0.3, -0.25) is 4.79 Å². The second-order valence-electron chi connectivity index (χ2n) is 8.67. The lowest BCUT2D eigenvalue weighted by atomic mass is 10.0. The lowest BCUT2D eigenvalue weighted by Crippen LogP contribution is -2.39. The van der Waals surface area contributed by atoms with Crippen molar-refractivity contribution in [1.29, 1.82) is 0 Å². The summed E-state index contributed by atoms with van der Waals surface area (Å²) in [5.74, 6) is -0.844.